The first-order chi connectivity index (χ1) is 12.0. The number of nitrogens with zero attached hydrogens (tertiary/aromatic N) is 3. The van der Waals surface area contributed by atoms with Crippen LogP contribution in [0.4, 0.5) is 4.39 Å². The second-order valence-corrected chi connectivity index (χ2v) is 6.50. The van der Waals surface area contributed by atoms with Gasteiger partial charge in [-0.25, -0.2) is 4.39 Å². The molecule has 0 aromatic heterocycles. The van der Waals surface area contributed by atoms with Crippen LogP contribution >= 0.6 is 0 Å². The number of amides is 3. The molecule has 134 valence electrons. The van der Waals surface area contributed by atoms with Crippen molar-refractivity contribution in [1.29, 1.82) is 0 Å². The molecule has 2 aliphatic heterocycles. The smallest absolute Gasteiger partial charge is 0.242 e. The van der Waals surface area contributed by atoms with Crippen LogP contribution in [-0.2, 0) is 20.9 Å². The maximum absolute atomic E-state index is 13.7. The summed E-state index contributed by atoms with van der Waals surface area (Å²) in [5.41, 5.74) is 0.468. The standard InChI is InChI=1S/C18H22FN3O3/c1-2-20-11-14(9-16(20)23)18(25)22-8-7-21(17(24)12-22)10-13-5-3-4-6-15(13)19/h3-6,14H,2,7-12H2,1H3/t14-/m0/s1. The summed E-state index contributed by atoms with van der Waals surface area (Å²) in [5, 5.41) is 0. The number of hydrogen-bond acceptors (Lipinski definition) is 3. The minimum Gasteiger partial charge on any atom is -0.342 e. The fourth-order valence-electron chi connectivity index (χ4n) is 3.40. The van der Waals surface area contributed by atoms with Gasteiger partial charge in [0.25, 0.3) is 0 Å². The number of hydrogen-bond donors (Lipinski definition) is 0. The fraction of sp³-hybridized carbons (Fsp3) is 0.500. The summed E-state index contributed by atoms with van der Waals surface area (Å²) in [6.07, 6.45) is 0.219. The lowest BCUT2D eigenvalue weighted by Gasteiger charge is -2.35. The zero-order valence-electron chi connectivity index (χ0n) is 14.3. The zero-order valence-corrected chi connectivity index (χ0v) is 14.3. The molecule has 2 saturated heterocycles. The van der Waals surface area contributed by atoms with Gasteiger partial charge in [-0.2, -0.15) is 0 Å². The number of carbonyl (C=O) groups is 3. The minimum absolute atomic E-state index is 0.00892. The van der Waals surface area contributed by atoms with Gasteiger partial charge in [-0.1, -0.05) is 18.2 Å². The van der Waals surface area contributed by atoms with E-state index in [0.29, 0.717) is 31.7 Å². The molecule has 2 aliphatic rings. The highest BCUT2D eigenvalue weighted by Crippen LogP contribution is 2.21. The Hall–Kier alpha value is -2.44. The highest BCUT2D eigenvalue weighted by molar-refractivity contribution is 5.92. The second-order valence-electron chi connectivity index (χ2n) is 6.50. The van der Waals surface area contributed by atoms with Gasteiger partial charge in [-0.05, 0) is 13.0 Å². The van der Waals surface area contributed by atoms with Crippen LogP contribution < -0.4 is 0 Å². The first kappa shape index (κ1) is 17.4. The average Bonchev–Trinajstić information content (AvgIpc) is 2.98. The van der Waals surface area contributed by atoms with Crippen LogP contribution in [0.3, 0.4) is 0 Å². The fourth-order valence-corrected chi connectivity index (χ4v) is 3.40. The molecule has 0 saturated carbocycles. The third-order valence-corrected chi connectivity index (χ3v) is 4.89. The number of halogens is 1. The number of piperazine rings is 1. The highest BCUT2D eigenvalue weighted by Gasteiger charge is 2.38. The van der Waals surface area contributed by atoms with Gasteiger partial charge in [-0.15, -0.1) is 0 Å². The van der Waals surface area contributed by atoms with E-state index in [0.717, 1.165) is 0 Å². The Kier molecular flexibility index (Phi) is 5.01. The van der Waals surface area contributed by atoms with E-state index in [1.54, 1.807) is 28.0 Å². The predicted octanol–water partition coefficient (Wildman–Crippen LogP) is 0.865. The van der Waals surface area contributed by atoms with E-state index in [9.17, 15) is 18.8 Å². The summed E-state index contributed by atoms with van der Waals surface area (Å²) in [6, 6.07) is 6.37. The van der Waals surface area contributed by atoms with Crippen LogP contribution in [0.15, 0.2) is 24.3 Å². The lowest BCUT2D eigenvalue weighted by molar-refractivity contribution is -0.147. The Balaban J connectivity index is 1.58. The quantitative estimate of drug-likeness (QED) is 0.812. The molecule has 1 aromatic rings. The van der Waals surface area contributed by atoms with Crippen molar-refractivity contribution in [2.24, 2.45) is 5.92 Å². The highest BCUT2D eigenvalue weighted by atomic mass is 19.1. The minimum atomic E-state index is -0.363. The van der Waals surface area contributed by atoms with E-state index in [1.807, 2.05) is 6.92 Å². The second kappa shape index (κ2) is 7.21. The van der Waals surface area contributed by atoms with E-state index < -0.39 is 0 Å². The molecule has 3 rings (SSSR count). The van der Waals surface area contributed by atoms with Crippen LogP contribution in [0, 0.1) is 11.7 Å². The lowest BCUT2D eigenvalue weighted by atomic mass is 10.1. The van der Waals surface area contributed by atoms with Gasteiger partial charge in [0, 0.05) is 44.7 Å². The third kappa shape index (κ3) is 3.65. The van der Waals surface area contributed by atoms with Gasteiger partial charge in [0.15, 0.2) is 0 Å². The van der Waals surface area contributed by atoms with Gasteiger partial charge < -0.3 is 14.7 Å². The Labute approximate surface area is 146 Å². The molecule has 6 nitrogen and oxygen atoms in total. The van der Waals surface area contributed by atoms with Crippen LogP contribution in [-0.4, -0.2) is 65.1 Å². The van der Waals surface area contributed by atoms with Gasteiger partial charge in [-0.3, -0.25) is 14.4 Å². The zero-order chi connectivity index (χ0) is 18.0. The monoisotopic (exact) mass is 347 g/mol. The summed E-state index contributed by atoms with van der Waals surface area (Å²) in [5.74, 6) is -1.04. The molecule has 0 spiro atoms. The van der Waals surface area contributed by atoms with Crippen LogP contribution in [0.5, 0.6) is 0 Å². The maximum Gasteiger partial charge on any atom is 0.242 e. The summed E-state index contributed by atoms with van der Waals surface area (Å²) < 4.78 is 13.7. The van der Waals surface area contributed by atoms with E-state index >= 15 is 0 Å². The number of benzene rings is 1. The summed E-state index contributed by atoms with van der Waals surface area (Å²) in [7, 11) is 0. The molecule has 0 radical (unpaired) electrons. The average molecular weight is 347 g/mol. The maximum atomic E-state index is 13.7. The summed E-state index contributed by atoms with van der Waals surface area (Å²) in [6.45, 7) is 3.89. The summed E-state index contributed by atoms with van der Waals surface area (Å²) >= 11 is 0. The molecule has 7 heteroatoms. The van der Waals surface area contributed by atoms with Crippen molar-refractivity contribution in [1.82, 2.24) is 14.7 Å². The Morgan fingerprint density at radius 3 is 2.56 bits per heavy atom. The van der Waals surface area contributed by atoms with Crippen molar-refractivity contribution in [3.05, 3.63) is 35.6 Å². The van der Waals surface area contributed by atoms with Crippen molar-refractivity contribution < 1.29 is 18.8 Å². The van der Waals surface area contributed by atoms with Gasteiger partial charge in [0.1, 0.15) is 5.82 Å². The molecule has 25 heavy (non-hydrogen) atoms. The number of carbonyl (C=O) groups excluding carboxylic acids is 3. The van der Waals surface area contributed by atoms with E-state index in [2.05, 4.69) is 0 Å². The SMILES string of the molecule is CCN1C[C@@H](C(=O)N2CCN(Cc3ccccc3F)C(=O)C2)CC1=O. The van der Waals surface area contributed by atoms with E-state index in [1.165, 1.54) is 11.0 Å². The Morgan fingerprint density at radius 1 is 1.16 bits per heavy atom. The molecule has 1 atom stereocenters. The third-order valence-electron chi connectivity index (χ3n) is 4.89. The topological polar surface area (TPSA) is 60.9 Å². The lowest BCUT2D eigenvalue weighted by Crippen LogP contribution is -2.53. The molecule has 2 fully saturated rings. The molecule has 0 unspecified atom stereocenters. The normalized spacial score (nSPS) is 21.2. The molecular weight excluding hydrogens is 325 g/mol. The van der Waals surface area contributed by atoms with Crippen molar-refractivity contribution in [3.63, 3.8) is 0 Å². The predicted molar refractivity (Wildman–Crippen MR) is 88.8 cm³/mol. The number of rotatable bonds is 4. The molecule has 0 bridgehead atoms. The summed E-state index contributed by atoms with van der Waals surface area (Å²) in [4.78, 5) is 41.5. The molecule has 3 amide bonds. The molecule has 1 aromatic carbocycles. The Bertz CT molecular complexity index is 694. The van der Waals surface area contributed by atoms with E-state index in [4.69, 9.17) is 0 Å². The van der Waals surface area contributed by atoms with Gasteiger partial charge in [0.05, 0.1) is 12.5 Å². The van der Waals surface area contributed by atoms with Crippen LogP contribution in [0.1, 0.15) is 18.9 Å². The first-order valence-corrected chi connectivity index (χ1v) is 8.57. The first-order valence-electron chi connectivity index (χ1n) is 8.57. The van der Waals surface area contributed by atoms with Crippen molar-refractivity contribution in [2.75, 3.05) is 32.7 Å². The molecule has 2 heterocycles. The van der Waals surface area contributed by atoms with Crippen molar-refractivity contribution in [2.45, 2.75) is 19.9 Å². The molecule has 0 N–H and O–H groups in total. The molecule has 0 aliphatic carbocycles. The number of likely N-dealkylation sites (tertiary alicyclic amines) is 1. The largest absolute Gasteiger partial charge is 0.342 e. The van der Waals surface area contributed by atoms with Crippen molar-refractivity contribution in [3.8, 4) is 0 Å². The Morgan fingerprint density at radius 2 is 1.92 bits per heavy atom. The van der Waals surface area contributed by atoms with Crippen LogP contribution in [0.25, 0.3) is 0 Å². The van der Waals surface area contributed by atoms with E-state index in [-0.39, 0.29) is 49.0 Å². The molecular formula is C18H22FN3O3. The van der Waals surface area contributed by atoms with Crippen LogP contribution in [0.2, 0.25) is 0 Å². The van der Waals surface area contributed by atoms with Gasteiger partial charge in [0.2, 0.25) is 17.7 Å². The van der Waals surface area contributed by atoms with Crippen molar-refractivity contribution >= 4 is 17.7 Å². The van der Waals surface area contributed by atoms with Gasteiger partial charge >= 0.3 is 0 Å².